The quantitative estimate of drug-likeness (QED) is 0.131. The number of nitrogens with one attached hydrogen (secondary N) is 2. The van der Waals surface area contributed by atoms with E-state index in [1.165, 1.54) is 6.07 Å². The predicted molar refractivity (Wildman–Crippen MR) is 183 cm³/mol. The number of benzene rings is 4. The first-order valence-corrected chi connectivity index (χ1v) is 17.1. The lowest BCUT2D eigenvalue weighted by Gasteiger charge is -2.20. The van der Waals surface area contributed by atoms with Gasteiger partial charge in [-0.2, -0.15) is 21.6 Å². The van der Waals surface area contributed by atoms with Crippen LogP contribution in [0.15, 0.2) is 91.0 Å². The average Bonchev–Trinajstić information content (AvgIpc) is 3.02. The Hall–Kier alpha value is -4.68. The molecule has 260 valence electrons. The molecule has 49 heavy (non-hydrogen) atoms. The van der Waals surface area contributed by atoms with Crippen LogP contribution >= 0.6 is 0 Å². The van der Waals surface area contributed by atoms with Crippen LogP contribution in [0.5, 0.6) is 5.75 Å². The number of anilines is 1. The van der Waals surface area contributed by atoms with Gasteiger partial charge in [0.15, 0.2) is 0 Å². The lowest BCUT2D eigenvalue weighted by atomic mass is 9.90. The van der Waals surface area contributed by atoms with Crippen molar-refractivity contribution in [2.24, 2.45) is 5.41 Å². The van der Waals surface area contributed by atoms with Crippen LogP contribution in [-0.2, 0) is 27.5 Å². The average molecular weight is 697 g/mol. The number of carbonyl (C=O) groups is 2. The van der Waals surface area contributed by atoms with Crippen LogP contribution in [0.1, 0.15) is 59.3 Å². The highest BCUT2D eigenvalue weighted by atomic mass is 32.2. The van der Waals surface area contributed by atoms with E-state index in [1.807, 2.05) is 24.3 Å². The summed E-state index contributed by atoms with van der Waals surface area (Å²) < 4.78 is 76.0. The second-order valence-corrected chi connectivity index (χ2v) is 14.6. The molecule has 0 fully saturated rings. The summed E-state index contributed by atoms with van der Waals surface area (Å²) >= 11 is 0. The first kappa shape index (κ1) is 37.1. The Bertz CT molecular complexity index is 1870. The van der Waals surface area contributed by atoms with Gasteiger partial charge in [-0.25, -0.2) is 0 Å². The van der Waals surface area contributed by atoms with E-state index in [0.29, 0.717) is 34.7 Å². The summed E-state index contributed by atoms with van der Waals surface area (Å²) in [4.78, 5) is 26.2. The standard InChI is InChI=1S/C37H39F3N2O6S/c1-24-21-29(37(38,39)40)13-18-32(24)26-9-14-30(15-10-26)42-35(44)33(27-11-16-31(17-12-27)48-23-36(2,3)4)22-25-5-7-28(8-6-25)34(43)41-19-20-49(45,46)47/h5-18,21,33H,19-20,22-23H2,1-4H3,(H,41,43)(H,42,44)(H,45,46,47). The number of rotatable bonds is 12. The third-order valence-electron chi connectivity index (χ3n) is 7.59. The molecular formula is C37H39F3N2O6S. The van der Waals surface area contributed by atoms with Gasteiger partial charge >= 0.3 is 6.18 Å². The zero-order valence-corrected chi connectivity index (χ0v) is 28.4. The highest BCUT2D eigenvalue weighted by Crippen LogP contribution is 2.34. The van der Waals surface area contributed by atoms with Crippen molar-refractivity contribution in [2.75, 3.05) is 24.2 Å². The Labute approximate surface area is 284 Å². The highest BCUT2D eigenvalue weighted by molar-refractivity contribution is 7.85. The Morgan fingerprint density at radius 1 is 0.878 bits per heavy atom. The van der Waals surface area contributed by atoms with Crippen LogP contribution in [0, 0.1) is 12.3 Å². The first-order chi connectivity index (χ1) is 22.9. The molecule has 3 N–H and O–H groups in total. The van der Waals surface area contributed by atoms with Crippen LogP contribution in [0.25, 0.3) is 11.1 Å². The summed E-state index contributed by atoms with van der Waals surface area (Å²) in [6, 6.07) is 24.3. The van der Waals surface area contributed by atoms with E-state index in [-0.39, 0.29) is 29.9 Å². The van der Waals surface area contributed by atoms with Crippen LogP contribution < -0.4 is 15.4 Å². The molecule has 0 aliphatic carbocycles. The van der Waals surface area contributed by atoms with Crippen molar-refractivity contribution in [1.29, 1.82) is 0 Å². The number of aryl methyl sites for hydroxylation is 1. The summed E-state index contributed by atoms with van der Waals surface area (Å²) in [6.07, 6.45) is -4.15. The molecule has 0 saturated carbocycles. The zero-order valence-electron chi connectivity index (χ0n) is 27.6. The van der Waals surface area contributed by atoms with Gasteiger partial charge in [-0.05, 0) is 95.1 Å². The molecule has 0 bridgehead atoms. The molecule has 8 nitrogen and oxygen atoms in total. The molecule has 1 unspecified atom stereocenters. The predicted octanol–water partition coefficient (Wildman–Crippen LogP) is 7.69. The zero-order chi connectivity index (χ0) is 36.0. The van der Waals surface area contributed by atoms with Gasteiger partial charge in [-0.3, -0.25) is 14.1 Å². The second kappa shape index (κ2) is 15.3. The summed E-state index contributed by atoms with van der Waals surface area (Å²) in [5.74, 6) is -1.40. The smallest absolute Gasteiger partial charge is 0.416 e. The monoisotopic (exact) mass is 696 g/mol. The summed E-state index contributed by atoms with van der Waals surface area (Å²) in [6.45, 7) is 8.07. The molecule has 12 heteroatoms. The van der Waals surface area contributed by atoms with Gasteiger partial charge in [-0.1, -0.05) is 63.2 Å². The summed E-state index contributed by atoms with van der Waals surface area (Å²) in [7, 11) is -4.21. The molecule has 2 amide bonds. The normalized spacial score (nSPS) is 12.7. The van der Waals surface area contributed by atoms with Crippen molar-refractivity contribution in [3.8, 4) is 16.9 Å². The minimum absolute atomic E-state index is 0.0402. The second-order valence-electron chi connectivity index (χ2n) is 13.0. The molecule has 0 saturated heterocycles. The van der Waals surface area contributed by atoms with Gasteiger partial charge in [-0.15, -0.1) is 0 Å². The molecule has 0 aliphatic heterocycles. The van der Waals surface area contributed by atoms with E-state index in [1.54, 1.807) is 55.5 Å². The van der Waals surface area contributed by atoms with E-state index in [4.69, 9.17) is 9.29 Å². The minimum atomic E-state index is -4.43. The van der Waals surface area contributed by atoms with Gasteiger partial charge in [0.05, 0.1) is 23.8 Å². The third kappa shape index (κ3) is 11.2. The maximum Gasteiger partial charge on any atom is 0.416 e. The maximum absolute atomic E-state index is 13.8. The van der Waals surface area contributed by atoms with Crippen molar-refractivity contribution in [2.45, 2.75) is 46.2 Å². The fourth-order valence-corrected chi connectivity index (χ4v) is 5.37. The van der Waals surface area contributed by atoms with Crippen molar-refractivity contribution >= 4 is 27.6 Å². The molecule has 0 spiro atoms. The van der Waals surface area contributed by atoms with E-state index >= 15 is 0 Å². The Morgan fingerprint density at radius 3 is 2.06 bits per heavy atom. The largest absolute Gasteiger partial charge is 0.493 e. The first-order valence-electron chi connectivity index (χ1n) is 15.5. The highest BCUT2D eigenvalue weighted by Gasteiger charge is 2.30. The molecule has 0 radical (unpaired) electrons. The number of ether oxygens (including phenoxy) is 1. The van der Waals surface area contributed by atoms with Crippen LogP contribution in [-0.4, -0.2) is 43.7 Å². The van der Waals surface area contributed by atoms with Crippen molar-refractivity contribution < 1.29 is 40.5 Å². The number of amides is 2. The maximum atomic E-state index is 13.8. The molecule has 0 aliphatic rings. The summed E-state index contributed by atoms with van der Waals surface area (Å²) in [5, 5.41) is 5.39. The van der Waals surface area contributed by atoms with Gasteiger partial charge < -0.3 is 15.4 Å². The van der Waals surface area contributed by atoms with Crippen LogP contribution in [0.4, 0.5) is 18.9 Å². The number of halogens is 3. The van der Waals surface area contributed by atoms with Gasteiger partial charge in [0.1, 0.15) is 5.75 Å². The van der Waals surface area contributed by atoms with Crippen LogP contribution in [0.2, 0.25) is 0 Å². The molecular weight excluding hydrogens is 657 g/mol. The third-order valence-corrected chi connectivity index (χ3v) is 8.31. The molecule has 4 aromatic rings. The van der Waals surface area contributed by atoms with Crippen molar-refractivity contribution in [1.82, 2.24) is 5.32 Å². The molecule has 1 atom stereocenters. The van der Waals surface area contributed by atoms with E-state index in [0.717, 1.165) is 23.3 Å². The molecule has 0 aromatic heterocycles. The lowest BCUT2D eigenvalue weighted by Crippen LogP contribution is -2.28. The lowest BCUT2D eigenvalue weighted by molar-refractivity contribution is -0.137. The van der Waals surface area contributed by atoms with E-state index < -0.39 is 39.4 Å². The number of hydrogen-bond donors (Lipinski definition) is 3. The summed E-state index contributed by atoms with van der Waals surface area (Å²) in [5.41, 5.74) is 3.34. The van der Waals surface area contributed by atoms with Crippen molar-refractivity contribution in [3.05, 3.63) is 119 Å². The van der Waals surface area contributed by atoms with E-state index in [2.05, 4.69) is 31.4 Å². The minimum Gasteiger partial charge on any atom is -0.493 e. The molecule has 4 rings (SSSR count). The Morgan fingerprint density at radius 2 is 1.51 bits per heavy atom. The number of hydrogen-bond acceptors (Lipinski definition) is 5. The molecule has 0 heterocycles. The van der Waals surface area contributed by atoms with Crippen LogP contribution in [0.3, 0.4) is 0 Å². The van der Waals surface area contributed by atoms with Gasteiger partial charge in [0, 0.05) is 17.8 Å². The van der Waals surface area contributed by atoms with Gasteiger partial charge in [0.25, 0.3) is 16.0 Å². The Kier molecular flexibility index (Phi) is 11.6. The van der Waals surface area contributed by atoms with Crippen molar-refractivity contribution in [3.63, 3.8) is 0 Å². The van der Waals surface area contributed by atoms with E-state index in [9.17, 15) is 31.2 Å². The number of carbonyl (C=O) groups excluding carboxylic acids is 2. The van der Waals surface area contributed by atoms with Gasteiger partial charge in [0.2, 0.25) is 5.91 Å². The fraction of sp³-hybridized carbons (Fsp3) is 0.297. The number of alkyl halides is 3. The SMILES string of the molecule is Cc1cc(C(F)(F)F)ccc1-c1ccc(NC(=O)C(Cc2ccc(C(=O)NCCS(=O)(=O)O)cc2)c2ccc(OCC(C)(C)C)cc2)cc1. The topological polar surface area (TPSA) is 122 Å². The fourth-order valence-electron chi connectivity index (χ4n) is 5.01. The Balaban J connectivity index is 1.53. The molecule has 4 aromatic carbocycles.